The van der Waals surface area contributed by atoms with Crippen LogP contribution in [0.3, 0.4) is 0 Å². The second kappa shape index (κ2) is 8.95. The molecule has 1 N–H and O–H groups in total. The third-order valence-corrected chi connectivity index (χ3v) is 9.44. The molecular weight excluding hydrogens is 454 g/mol. The number of nitrogens with one attached hydrogen (secondary N) is 1. The van der Waals surface area contributed by atoms with Crippen molar-refractivity contribution < 1.29 is 27.3 Å². The summed E-state index contributed by atoms with van der Waals surface area (Å²) in [6.07, 6.45) is 4.85. The van der Waals surface area contributed by atoms with Gasteiger partial charge >= 0.3 is 5.97 Å². The fraction of sp³-hybridized carbons (Fsp3) is 0.571. The molecule has 1 aliphatic carbocycles. The summed E-state index contributed by atoms with van der Waals surface area (Å²) >= 11 is 1.42. The van der Waals surface area contributed by atoms with Crippen molar-refractivity contribution >= 4 is 38.2 Å². The Bertz CT molecular complexity index is 1130. The molecule has 4 rings (SSSR count). The average Bonchev–Trinajstić information content (AvgIpc) is 3.32. The Hall–Kier alpha value is -2.24. The summed E-state index contributed by atoms with van der Waals surface area (Å²) in [5, 5.41) is 7.16. The number of methoxy groups -OCH3 is 1. The summed E-state index contributed by atoms with van der Waals surface area (Å²) in [6.45, 7) is 3.55. The minimum Gasteiger partial charge on any atom is -0.465 e. The zero-order chi connectivity index (χ0) is 23.0. The average molecular weight is 482 g/mol. The van der Waals surface area contributed by atoms with Crippen LogP contribution in [0.4, 0.5) is 5.00 Å². The normalized spacial score (nSPS) is 19.4. The van der Waals surface area contributed by atoms with Gasteiger partial charge in [0.05, 0.1) is 18.6 Å². The zero-order valence-electron chi connectivity index (χ0n) is 18.4. The molecule has 2 aromatic heterocycles. The number of hydrogen-bond acceptors (Lipinski definition) is 8. The lowest BCUT2D eigenvalue weighted by Gasteiger charge is -2.31. The zero-order valence-corrected chi connectivity index (χ0v) is 20.0. The Morgan fingerprint density at radius 3 is 2.66 bits per heavy atom. The van der Waals surface area contributed by atoms with E-state index in [0.717, 1.165) is 36.1 Å². The van der Waals surface area contributed by atoms with E-state index in [2.05, 4.69) is 10.5 Å². The summed E-state index contributed by atoms with van der Waals surface area (Å²) in [7, 11) is -2.49. The number of ether oxygens (including phenoxy) is 1. The van der Waals surface area contributed by atoms with Crippen molar-refractivity contribution in [3.63, 3.8) is 0 Å². The standard InChI is InChI=1S/C21H27N3O6S2/c1-12-18(13(2)30-23-12)32(27,28)24-10-6-7-14(11-24)19(25)22-20-17(21(26)29-3)15-8-4-5-9-16(15)31-20/h14H,4-11H2,1-3H3,(H,22,25). The molecule has 1 atom stereocenters. The molecule has 1 unspecified atom stereocenters. The topological polar surface area (TPSA) is 119 Å². The molecule has 1 saturated heterocycles. The van der Waals surface area contributed by atoms with Crippen molar-refractivity contribution in [2.75, 3.05) is 25.5 Å². The van der Waals surface area contributed by atoms with E-state index in [0.29, 0.717) is 35.6 Å². The maximum absolute atomic E-state index is 13.2. The number of fused-ring (bicyclic) bond motifs is 1. The highest BCUT2D eigenvalue weighted by Gasteiger charge is 2.37. The lowest BCUT2D eigenvalue weighted by molar-refractivity contribution is -0.120. The maximum atomic E-state index is 13.2. The molecule has 32 heavy (non-hydrogen) atoms. The highest BCUT2D eigenvalue weighted by Crippen LogP contribution is 2.39. The number of rotatable bonds is 5. The van der Waals surface area contributed by atoms with Gasteiger partial charge in [-0.1, -0.05) is 5.16 Å². The van der Waals surface area contributed by atoms with Crippen LogP contribution in [0.15, 0.2) is 9.42 Å². The molecule has 0 spiro atoms. The highest BCUT2D eigenvalue weighted by molar-refractivity contribution is 7.89. The summed E-state index contributed by atoms with van der Waals surface area (Å²) in [4.78, 5) is 26.7. The molecule has 2 aromatic rings. The van der Waals surface area contributed by atoms with Crippen molar-refractivity contribution in [3.05, 3.63) is 27.5 Å². The van der Waals surface area contributed by atoms with Crippen molar-refractivity contribution in [2.45, 2.75) is 57.3 Å². The van der Waals surface area contributed by atoms with Gasteiger partial charge in [-0.15, -0.1) is 11.3 Å². The number of sulfonamides is 1. The number of esters is 1. The van der Waals surface area contributed by atoms with Gasteiger partial charge in [-0.25, -0.2) is 13.2 Å². The lowest BCUT2D eigenvalue weighted by atomic mass is 9.95. The van der Waals surface area contributed by atoms with E-state index in [9.17, 15) is 18.0 Å². The molecule has 174 valence electrons. The van der Waals surface area contributed by atoms with Crippen molar-refractivity contribution in [1.82, 2.24) is 9.46 Å². The Balaban J connectivity index is 1.55. The highest BCUT2D eigenvalue weighted by atomic mass is 32.2. The fourth-order valence-electron chi connectivity index (χ4n) is 4.53. The predicted molar refractivity (Wildman–Crippen MR) is 118 cm³/mol. The van der Waals surface area contributed by atoms with Gasteiger partial charge in [0, 0.05) is 18.0 Å². The number of piperidine rings is 1. The quantitative estimate of drug-likeness (QED) is 0.652. The van der Waals surface area contributed by atoms with Crippen LogP contribution in [0, 0.1) is 19.8 Å². The Morgan fingerprint density at radius 1 is 1.22 bits per heavy atom. The Kier molecular flexibility index (Phi) is 6.42. The summed E-state index contributed by atoms with van der Waals surface area (Å²) in [5.41, 5.74) is 1.71. The minimum atomic E-state index is -3.82. The van der Waals surface area contributed by atoms with Gasteiger partial charge in [0.25, 0.3) is 0 Å². The van der Waals surface area contributed by atoms with E-state index in [1.165, 1.54) is 22.8 Å². The lowest BCUT2D eigenvalue weighted by Crippen LogP contribution is -2.44. The minimum absolute atomic E-state index is 0.0663. The second-order valence-corrected chi connectivity index (χ2v) is 11.2. The first-order valence-corrected chi connectivity index (χ1v) is 13.0. The number of anilines is 1. The molecule has 0 radical (unpaired) electrons. The molecule has 3 heterocycles. The number of nitrogens with zero attached hydrogens (tertiary/aromatic N) is 2. The van der Waals surface area contributed by atoms with Gasteiger partial charge in [-0.05, 0) is 57.9 Å². The molecule has 0 bridgehead atoms. The van der Waals surface area contributed by atoms with E-state index in [1.807, 2.05) is 0 Å². The van der Waals surface area contributed by atoms with Gasteiger partial charge in [0.2, 0.25) is 15.9 Å². The smallest absolute Gasteiger partial charge is 0.341 e. The molecule has 2 aliphatic rings. The third-order valence-electron chi connectivity index (χ3n) is 6.12. The third kappa shape index (κ3) is 4.08. The first kappa shape index (κ1) is 22.9. The van der Waals surface area contributed by atoms with E-state index in [-0.39, 0.29) is 23.1 Å². The molecular formula is C21H27N3O6S2. The molecule has 1 amide bonds. The van der Waals surface area contributed by atoms with Gasteiger partial charge in [0.1, 0.15) is 15.6 Å². The van der Waals surface area contributed by atoms with Crippen molar-refractivity contribution in [2.24, 2.45) is 5.92 Å². The van der Waals surface area contributed by atoms with Crippen LogP contribution in [0.1, 0.15) is 57.9 Å². The number of carbonyl (C=O) groups excluding carboxylic acids is 2. The van der Waals surface area contributed by atoms with E-state index >= 15 is 0 Å². The molecule has 1 fully saturated rings. The monoisotopic (exact) mass is 481 g/mol. The first-order chi connectivity index (χ1) is 15.2. The van der Waals surface area contributed by atoms with Gasteiger partial charge in [-0.3, -0.25) is 4.79 Å². The van der Waals surface area contributed by atoms with Crippen LogP contribution in [0.5, 0.6) is 0 Å². The van der Waals surface area contributed by atoms with E-state index < -0.39 is 21.9 Å². The number of aromatic nitrogens is 1. The Labute approximate surface area is 191 Å². The van der Waals surface area contributed by atoms with E-state index in [4.69, 9.17) is 9.26 Å². The van der Waals surface area contributed by atoms with Crippen molar-refractivity contribution in [3.8, 4) is 0 Å². The summed E-state index contributed by atoms with van der Waals surface area (Å²) in [5.74, 6) is -1.03. The van der Waals surface area contributed by atoms with Gasteiger partial charge in [-0.2, -0.15) is 4.31 Å². The summed E-state index contributed by atoms with van der Waals surface area (Å²) in [6, 6.07) is 0. The van der Waals surface area contributed by atoms with Gasteiger partial charge in [0.15, 0.2) is 5.76 Å². The molecule has 11 heteroatoms. The number of aryl methyl sites for hydroxylation is 3. The SMILES string of the molecule is COC(=O)c1c(NC(=O)C2CCCN(S(=O)(=O)c3c(C)noc3C)C2)sc2c1CCCC2. The van der Waals surface area contributed by atoms with Crippen LogP contribution < -0.4 is 5.32 Å². The van der Waals surface area contributed by atoms with Gasteiger partial charge < -0.3 is 14.6 Å². The first-order valence-electron chi connectivity index (χ1n) is 10.7. The largest absolute Gasteiger partial charge is 0.465 e. The Morgan fingerprint density at radius 2 is 1.97 bits per heavy atom. The number of thiophene rings is 1. The van der Waals surface area contributed by atoms with E-state index in [1.54, 1.807) is 13.8 Å². The van der Waals surface area contributed by atoms with Crippen molar-refractivity contribution in [1.29, 1.82) is 0 Å². The second-order valence-electron chi connectivity index (χ2n) is 8.25. The predicted octanol–water partition coefficient (Wildman–Crippen LogP) is 3.06. The van der Waals surface area contributed by atoms with Crippen LogP contribution in [0.2, 0.25) is 0 Å². The molecule has 9 nitrogen and oxygen atoms in total. The molecule has 0 aromatic carbocycles. The summed E-state index contributed by atoms with van der Waals surface area (Å²) < 4.78 is 37.7. The van der Waals surface area contributed by atoms with Crippen LogP contribution in [-0.4, -0.2) is 50.0 Å². The number of carbonyl (C=O) groups is 2. The fourth-order valence-corrected chi connectivity index (χ4v) is 7.63. The molecule has 1 aliphatic heterocycles. The maximum Gasteiger partial charge on any atom is 0.341 e. The number of hydrogen-bond donors (Lipinski definition) is 1. The number of amides is 1. The van der Waals surface area contributed by atoms with Crippen LogP contribution in [0.25, 0.3) is 0 Å². The molecule has 0 saturated carbocycles. The van der Waals surface area contributed by atoms with Crippen LogP contribution >= 0.6 is 11.3 Å². The van der Waals surface area contributed by atoms with Crippen LogP contribution in [-0.2, 0) is 32.4 Å².